The van der Waals surface area contributed by atoms with E-state index < -0.39 is 18.3 Å². The maximum Gasteiger partial charge on any atom is 0.132 e. The van der Waals surface area contributed by atoms with E-state index in [1.165, 1.54) is 11.8 Å². The van der Waals surface area contributed by atoms with Crippen molar-refractivity contribution in [3.8, 4) is 0 Å². The Morgan fingerprint density at radius 1 is 1.32 bits per heavy atom. The van der Waals surface area contributed by atoms with Gasteiger partial charge in [0.1, 0.15) is 23.7 Å². The van der Waals surface area contributed by atoms with Crippen LogP contribution in [0.3, 0.4) is 0 Å². The molecule has 106 valence electrons. The van der Waals surface area contributed by atoms with Gasteiger partial charge < -0.3 is 19.7 Å². The minimum atomic E-state index is -0.703. The molecule has 4 atom stereocenters. The number of rotatable bonds is 6. The average Bonchev–Trinajstić information content (AvgIpc) is 2.74. The molecule has 1 fully saturated rings. The SMILES string of the molecule is CCS[C@H]1O[C@H](CO)[C@@H](OCc2ccccc2)[C@@H]1O. The van der Waals surface area contributed by atoms with E-state index in [-0.39, 0.29) is 12.0 Å². The van der Waals surface area contributed by atoms with Crippen LogP contribution in [0.2, 0.25) is 0 Å². The summed E-state index contributed by atoms with van der Waals surface area (Å²) in [6, 6.07) is 9.77. The number of aliphatic hydroxyl groups is 2. The molecule has 0 spiro atoms. The predicted molar refractivity (Wildman–Crippen MR) is 74.9 cm³/mol. The van der Waals surface area contributed by atoms with Crippen molar-refractivity contribution < 1.29 is 19.7 Å². The van der Waals surface area contributed by atoms with Gasteiger partial charge in [0.2, 0.25) is 0 Å². The maximum absolute atomic E-state index is 10.2. The van der Waals surface area contributed by atoms with E-state index in [1.807, 2.05) is 37.3 Å². The Balaban J connectivity index is 1.94. The van der Waals surface area contributed by atoms with Crippen LogP contribution in [0.25, 0.3) is 0 Å². The largest absolute Gasteiger partial charge is 0.394 e. The number of aliphatic hydroxyl groups excluding tert-OH is 2. The van der Waals surface area contributed by atoms with Gasteiger partial charge in [-0.2, -0.15) is 0 Å². The molecule has 1 heterocycles. The summed E-state index contributed by atoms with van der Waals surface area (Å²) in [5.41, 5.74) is 0.723. The van der Waals surface area contributed by atoms with Gasteiger partial charge in [-0.15, -0.1) is 11.8 Å². The van der Waals surface area contributed by atoms with E-state index in [9.17, 15) is 10.2 Å². The topological polar surface area (TPSA) is 58.9 Å². The molecule has 1 aromatic rings. The fraction of sp³-hybridized carbons (Fsp3) is 0.571. The van der Waals surface area contributed by atoms with Gasteiger partial charge in [-0.1, -0.05) is 37.3 Å². The lowest BCUT2D eigenvalue weighted by atomic mass is 10.1. The van der Waals surface area contributed by atoms with Crippen molar-refractivity contribution in [3.05, 3.63) is 35.9 Å². The van der Waals surface area contributed by atoms with Crippen LogP contribution < -0.4 is 0 Å². The number of ether oxygens (including phenoxy) is 2. The molecule has 0 saturated carbocycles. The van der Waals surface area contributed by atoms with E-state index in [0.717, 1.165) is 11.3 Å². The fourth-order valence-corrected chi connectivity index (χ4v) is 3.03. The van der Waals surface area contributed by atoms with Crippen molar-refractivity contribution in [2.45, 2.75) is 37.3 Å². The highest BCUT2D eigenvalue weighted by molar-refractivity contribution is 7.99. The standard InChI is InChI=1S/C14H20O4S/c1-2-19-14-12(16)13(11(8-15)18-14)17-9-10-6-4-3-5-7-10/h3-7,11-16H,2,8-9H2,1H3/t11-,12+,13-,14-/m1/s1. The molecule has 0 radical (unpaired) electrons. The van der Waals surface area contributed by atoms with Gasteiger partial charge >= 0.3 is 0 Å². The Hall–Kier alpha value is -0.590. The Morgan fingerprint density at radius 2 is 2.05 bits per heavy atom. The monoisotopic (exact) mass is 284 g/mol. The minimum Gasteiger partial charge on any atom is -0.394 e. The highest BCUT2D eigenvalue weighted by Crippen LogP contribution is 2.31. The summed E-state index contributed by atoms with van der Waals surface area (Å²) in [4.78, 5) is 0. The third-order valence-electron chi connectivity index (χ3n) is 3.09. The Labute approximate surface area is 117 Å². The summed E-state index contributed by atoms with van der Waals surface area (Å²) >= 11 is 1.53. The van der Waals surface area contributed by atoms with Crippen LogP contribution in [0.4, 0.5) is 0 Å². The van der Waals surface area contributed by atoms with E-state index in [0.29, 0.717) is 6.61 Å². The second-order valence-corrected chi connectivity index (χ2v) is 5.81. The Bertz CT molecular complexity index is 373. The van der Waals surface area contributed by atoms with E-state index in [2.05, 4.69) is 0 Å². The molecule has 0 amide bonds. The Morgan fingerprint density at radius 3 is 2.68 bits per heavy atom. The van der Waals surface area contributed by atoms with Crippen molar-refractivity contribution in [2.75, 3.05) is 12.4 Å². The van der Waals surface area contributed by atoms with E-state index in [4.69, 9.17) is 9.47 Å². The minimum absolute atomic E-state index is 0.142. The second kappa shape index (κ2) is 7.26. The molecule has 0 aromatic heterocycles. The first-order chi connectivity index (χ1) is 9.26. The van der Waals surface area contributed by atoms with Crippen LogP contribution in [-0.4, -0.2) is 46.3 Å². The van der Waals surface area contributed by atoms with E-state index in [1.54, 1.807) is 0 Å². The van der Waals surface area contributed by atoms with Crippen molar-refractivity contribution in [1.29, 1.82) is 0 Å². The normalized spacial score (nSPS) is 30.7. The summed E-state index contributed by atoms with van der Waals surface area (Å²) < 4.78 is 11.3. The highest BCUT2D eigenvalue weighted by atomic mass is 32.2. The van der Waals surface area contributed by atoms with E-state index >= 15 is 0 Å². The van der Waals surface area contributed by atoms with Gasteiger partial charge in [-0.05, 0) is 11.3 Å². The molecule has 1 aliphatic rings. The lowest BCUT2D eigenvalue weighted by molar-refractivity contribution is -0.0605. The number of thioether (sulfide) groups is 1. The molecular formula is C14H20O4S. The molecule has 0 bridgehead atoms. The number of benzene rings is 1. The lowest BCUT2D eigenvalue weighted by Crippen LogP contribution is -2.36. The molecule has 19 heavy (non-hydrogen) atoms. The number of hydrogen-bond donors (Lipinski definition) is 2. The third-order valence-corrected chi connectivity index (χ3v) is 4.14. The number of hydrogen-bond acceptors (Lipinski definition) is 5. The summed E-state index contributed by atoms with van der Waals surface area (Å²) in [7, 11) is 0. The molecule has 4 nitrogen and oxygen atoms in total. The lowest BCUT2D eigenvalue weighted by Gasteiger charge is -2.19. The zero-order chi connectivity index (χ0) is 13.7. The van der Waals surface area contributed by atoms with Crippen LogP contribution >= 0.6 is 11.8 Å². The van der Waals surface area contributed by atoms with Crippen LogP contribution in [0.15, 0.2) is 30.3 Å². The first kappa shape index (κ1) is 14.8. The molecule has 2 N–H and O–H groups in total. The van der Waals surface area contributed by atoms with Crippen LogP contribution in [-0.2, 0) is 16.1 Å². The summed E-state index contributed by atoms with van der Waals surface area (Å²) in [6.45, 7) is 2.27. The molecule has 0 unspecified atom stereocenters. The molecule has 5 heteroatoms. The van der Waals surface area contributed by atoms with Crippen LogP contribution in [0.5, 0.6) is 0 Å². The summed E-state index contributed by atoms with van der Waals surface area (Å²) in [5, 5.41) is 19.5. The zero-order valence-corrected chi connectivity index (χ0v) is 11.8. The molecule has 1 saturated heterocycles. The quantitative estimate of drug-likeness (QED) is 0.827. The second-order valence-electron chi connectivity index (χ2n) is 4.43. The van der Waals surface area contributed by atoms with Crippen LogP contribution in [0, 0.1) is 0 Å². The van der Waals surface area contributed by atoms with Gasteiger partial charge in [0.05, 0.1) is 13.2 Å². The fourth-order valence-electron chi connectivity index (χ4n) is 2.13. The summed E-state index contributed by atoms with van der Waals surface area (Å²) in [6.07, 6.45) is -1.64. The molecule has 0 aliphatic carbocycles. The van der Waals surface area contributed by atoms with Gasteiger partial charge in [-0.3, -0.25) is 0 Å². The highest BCUT2D eigenvalue weighted by Gasteiger charge is 2.44. The van der Waals surface area contributed by atoms with Gasteiger partial charge in [0, 0.05) is 0 Å². The smallest absolute Gasteiger partial charge is 0.132 e. The average molecular weight is 284 g/mol. The third kappa shape index (κ3) is 3.70. The van der Waals surface area contributed by atoms with Crippen molar-refractivity contribution >= 4 is 11.8 Å². The van der Waals surface area contributed by atoms with Crippen molar-refractivity contribution in [1.82, 2.24) is 0 Å². The summed E-state index contributed by atoms with van der Waals surface area (Å²) in [5.74, 6) is 0.852. The van der Waals surface area contributed by atoms with Gasteiger partial charge in [0.25, 0.3) is 0 Å². The maximum atomic E-state index is 10.2. The van der Waals surface area contributed by atoms with Crippen molar-refractivity contribution in [2.24, 2.45) is 0 Å². The molecule has 2 rings (SSSR count). The predicted octanol–water partition coefficient (Wildman–Crippen LogP) is 1.40. The zero-order valence-electron chi connectivity index (χ0n) is 10.9. The first-order valence-electron chi connectivity index (χ1n) is 6.47. The first-order valence-corrected chi connectivity index (χ1v) is 7.52. The molecule has 1 aliphatic heterocycles. The van der Waals surface area contributed by atoms with Crippen molar-refractivity contribution in [3.63, 3.8) is 0 Å². The Kier molecular flexibility index (Phi) is 5.66. The molecule has 1 aromatic carbocycles. The van der Waals surface area contributed by atoms with Crippen LogP contribution in [0.1, 0.15) is 12.5 Å². The van der Waals surface area contributed by atoms with Gasteiger partial charge in [0.15, 0.2) is 0 Å². The molecular weight excluding hydrogens is 264 g/mol. The van der Waals surface area contributed by atoms with Gasteiger partial charge in [-0.25, -0.2) is 0 Å².